The van der Waals surface area contributed by atoms with Crippen LogP contribution in [0.1, 0.15) is 74.5 Å². The maximum atomic E-state index is 12.7. The van der Waals surface area contributed by atoms with Crippen molar-refractivity contribution in [3.8, 4) is 0 Å². The van der Waals surface area contributed by atoms with Gasteiger partial charge in [-0.15, -0.1) is 12.4 Å². The largest absolute Gasteiger partial charge is 0.478 e. The molecule has 0 unspecified atom stereocenters. The topological polar surface area (TPSA) is 232 Å². The first kappa shape index (κ1) is 50.9. The van der Waals surface area contributed by atoms with Crippen LogP contribution in [-0.2, 0) is 26.2 Å². The summed E-state index contributed by atoms with van der Waals surface area (Å²) in [6, 6.07) is 22.8. The highest BCUT2D eigenvalue weighted by Crippen LogP contribution is 2.21. The van der Waals surface area contributed by atoms with Gasteiger partial charge in [0.25, 0.3) is 5.91 Å². The summed E-state index contributed by atoms with van der Waals surface area (Å²) >= 11 is 12.0. The first-order valence-electron chi connectivity index (χ1n) is 19.9. The number of aromatic nitrogens is 8. The van der Waals surface area contributed by atoms with E-state index in [2.05, 4.69) is 35.5 Å². The molecule has 342 valence electrons. The Hall–Kier alpha value is -6.72. The number of fused-ring (bicyclic) bond motifs is 2. The van der Waals surface area contributed by atoms with E-state index in [9.17, 15) is 14.0 Å². The van der Waals surface area contributed by atoms with E-state index in [0.29, 0.717) is 64.8 Å². The van der Waals surface area contributed by atoms with Gasteiger partial charge in [-0.05, 0) is 98.5 Å². The van der Waals surface area contributed by atoms with E-state index in [4.69, 9.17) is 46.9 Å². The molecule has 0 radical (unpaired) electrons. The van der Waals surface area contributed by atoms with Crippen LogP contribution in [0.2, 0.25) is 10.0 Å². The summed E-state index contributed by atoms with van der Waals surface area (Å²) in [6.45, 7) is 9.22. The number of anilines is 2. The molecule has 0 aliphatic carbocycles. The number of pyridine rings is 4. The second-order valence-electron chi connectivity index (χ2n) is 14.2. The van der Waals surface area contributed by atoms with Crippen molar-refractivity contribution in [3.05, 3.63) is 164 Å². The van der Waals surface area contributed by atoms with Crippen LogP contribution in [0.15, 0.2) is 97.6 Å². The van der Waals surface area contributed by atoms with Crippen molar-refractivity contribution in [2.45, 2.75) is 61.3 Å². The number of aromatic carboxylic acids is 1. The van der Waals surface area contributed by atoms with Crippen molar-refractivity contribution in [2.75, 3.05) is 18.6 Å². The predicted octanol–water partition coefficient (Wildman–Crippen LogP) is 8.87. The lowest BCUT2D eigenvalue weighted by Gasteiger charge is -2.07. The van der Waals surface area contributed by atoms with Gasteiger partial charge < -0.3 is 27.6 Å². The highest BCUT2D eigenvalue weighted by molar-refractivity contribution is 6.31. The molecule has 15 nitrogen and oxygen atoms in total. The fraction of sp³-hybridized carbons (Fsp3) is 0.217. The average Bonchev–Trinajstić information content (AvgIpc) is 3.81. The number of hydrogen-bond donors (Lipinski definition) is 5. The zero-order valence-electron chi connectivity index (χ0n) is 36.4. The number of amides is 1. The van der Waals surface area contributed by atoms with E-state index in [1.54, 1.807) is 47.0 Å². The Bertz CT molecular complexity index is 2910. The van der Waals surface area contributed by atoms with Crippen LogP contribution in [0.25, 0.3) is 21.8 Å². The lowest BCUT2D eigenvalue weighted by Crippen LogP contribution is -2.23. The number of hydrogen-bond acceptors (Lipinski definition) is 11. The summed E-state index contributed by atoms with van der Waals surface area (Å²) in [4.78, 5) is 40.5. The molecule has 1 amide bonds. The van der Waals surface area contributed by atoms with Crippen molar-refractivity contribution in [1.29, 1.82) is 0 Å². The summed E-state index contributed by atoms with van der Waals surface area (Å²) < 4.78 is 18.9. The van der Waals surface area contributed by atoms with Crippen molar-refractivity contribution in [1.82, 2.24) is 44.8 Å². The molecule has 0 aliphatic rings. The fourth-order valence-corrected chi connectivity index (χ4v) is 6.73. The zero-order chi connectivity index (χ0) is 46.5. The molecule has 19 heteroatoms. The molecular weight excluding hydrogens is 894 g/mol. The van der Waals surface area contributed by atoms with Gasteiger partial charge in [0.15, 0.2) is 0 Å². The monoisotopic (exact) mass is 945 g/mol. The molecule has 0 aliphatic heterocycles. The Labute approximate surface area is 394 Å². The Kier molecular flexibility index (Phi) is 19.1. The zero-order valence-corrected chi connectivity index (χ0v) is 37.7. The summed E-state index contributed by atoms with van der Waals surface area (Å²) in [5, 5.41) is 23.8. The highest BCUT2D eigenvalue weighted by Gasteiger charge is 2.15. The lowest BCUT2D eigenvalue weighted by molar-refractivity contribution is 0.0695. The van der Waals surface area contributed by atoms with Crippen molar-refractivity contribution in [3.63, 3.8) is 0 Å². The number of nitrogen functional groups attached to an aromatic ring is 2. The van der Waals surface area contributed by atoms with E-state index in [0.717, 1.165) is 55.4 Å². The summed E-state index contributed by atoms with van der Waals surface area (Å²) in [7, 11) is -1.00. The Morgan fingerprint density at radius 3 is 1.60 bits per heavy atom. The van der Waals surface area contributed by atoms with Crippen LogP contribution < -0.4 is 22.5 Å². The number of benzene rings is 2. The minimum atomic E-state index is -1.00. The first-order valence-corrected chi connectivity index (χ1v) is 20.0. The van der Waals surface area contributed by atoms with Crippen LogP contribution in [0.5, 0.6) is 0 Å². The van der Waals surface area contributed by atoms with Gasteiger partial charge in [0, 0.05) is 60.0 Å². The van der Waals surface area contributed by atoms with Crippen LogP contribution in [0.4, 0.5) is 16.0 Å². The highest BCUT2D eigenvalue weighted by atomic mass is 35.5. The Balaban J connectivity index is 0.000000278. The van der Waals surface area contributed by atoms with Gasteiger partial charge in [-0.3, -0.25) is 28.5 Å². The molecule has 8 N–H and O–H groups in total. The second-order valence-corrected chi connectivity index (χ2v) is 15.0. The Morgan fingerprint density at radius 1 is 0.723 bits per heavy atom. The summed E-state index contributed by atoms with van der Waals surface area (Å²) in [5.41, 5.74) is 26.0. The maximum Gasteiger partial charge on any atom is 0.339 e. The number of carbonyl (C=O) groups excluding carboxylic acids is 1. The van der Waals surface area contributed by atoms with Gasteiger partial charge in [0.2, 0.25) is 0 Å². The standard InChI is InChI=1S/C22H21ClN6O.C15H12ClN3O2.C7H11N3.CH3F.CH4.ClH/c1-13-16(4-6-21(24)27-13)9-26-22(30)19-12-29(28-14(19)2)11-15-3-5-20-17(7-15)8-18(23)10-25-20;1-9-13(15(20)21)8-19(18-9)7-10-2-3-14-11(4-10)5-12(16)6-17-14;1-5-6(4-8)2-3-7(9)10-5;1-2;;/h3-8,10,12H,9,11H2,1-2H3,(H2,24,27)(H,26,30);2-6,8H,7H2,1H3,(H,20,21);2-3H,4,8H2,1H3,(H2,9,10);1H3;1H4;1H/i;;;1D;;. The molecule has 0 saturated carbocycles. The molecule has 65 heavy (non-hydrogen) atoms. The van der Waals surface area contributed by atoms with Gasteiger partial charge in [-0.25, -0.2) is 14.8 Å². The number of carboxylic acid groups (broad SMARTS) is 1. The van der Waals surface area contributed by atoms with Crippen molar-refractivity contribution in [2.24, 2.45) is 5.73 Å². The molecule has 8 aromatic rings. The quantitative estimate of drug-likeness (QED) is 0.0913. The summed E-state index contributed by atoms with van der Waals surface area (Å²) in [6.07, 6.45) is 6.55. The number of nitrogens with zero attached hydrogens (tertiary/aromatic N) is 8. The van der Waals surface area contributed by atoms with E-state index < -0.39 is 13.1 Å². The fourth-order valence-electron chi connectivity index (χ4n) is 6.40. The van der Waals surface area contributed by atoms with E-state index >= 15 is 0 Å². The molecule has 0 atom stereocenters. The maximum absolute atomic E-state index is 12.7. The summed E-state index contributed by atoms with van der Waals surface area (Å²) in [5.74, 6) is -0.126. The van der Waals surface area contributed by atoms with Crippen LogP contribution in [-0.4, -0.2) is 63.6 Å². The van der Waals surface area contributed by atoms with Gasteiger partial charge in [-0.1, -0.05) is 54.9 Å². The van der Waals surface area contributed by atoms with E-state index in [-0.39, 0.29) is 31.3 Å². The van der Waals surface area contributed by atoms with E-state index in [1.165, 1.54) is 6.20 Å². The minimum absolute atomic E-state index is 0. The van der Waals surface area contributed by atoms with E-state index in [1.807, 2.05) is 81.4 Å². The molecule has 0 fully saturated rings. The minimum Gasteiger partial charge on any atom is -0.478 e. The third-order valence-electron chi connectivity index (χ3n) is 9.57. The molecule has 0 saturated heterocycles. The molecule has 0 bridgehead atoms. The number of rotatable bonds is 9. The molecular formula is C46H52Cl3FN12O3. The van der Waals surface area contributed by atoms with Crippen molar-refractivity contribution < 1.29 is 20.5 Å². The van der Waals surface area contributed by atoms with Crippen LogP contribution >= 0.6 is 35.6 Å². The number of nitrogens with two attached hydrogens (primary N) is 3. The number of nitrogens with one attached hydrogen (secondary N) is 1. The lowest BCUT2D eigenvalue weighted by atomic mass is 10.1. The first-order chi connectivity index (χ1) is 30.6. The number of carbonyl (C=O) groups is 2. The molecule has 0 spiro atoms. The van der Waals surface area contributed by atoms with Gasteiger partial charge in [0.1, 0.15) is 17.2 Å². The van der Waals surface area contributed by atoms with Crippen molar-refractivity contribution >= 4 is 80.9 Å². The van der Waals surface area contributed by atoms with Gasteiger partial charge in [-0.2, -0.15) is 10.2 Å². The third-order valence-corrected chi connectivity index (χ3v) is 9.99. The smallest absolute Gasteiger partial charge is 0.339 e. The molecule has 2 aromatic carbocycles. The normalized spacial score (nSPS) is 10.4. The molecule has 6 heterocycles. The van der Waals surface area contributed by atoms with Crippen LogP contribution in [0.3, 0.4) is 0 Å². The Morgan fingerprint density at radius 2 is 1.17 bits per heavy atom. The second kappa shape index (κ2) is 24.4. The number of alkyl halides is 1. The van der Waals surface area contributed by atoms with Gasteiger partial charge in [0.05, 0.1) is 59.6 Å². The number of halogens is 4. The van der Waals surface area contributed by atoms with Crippen LogP contribution in [0, 0.1) is 27.7 Å². The molecule has 6 aromatic heterocycles. The SMILES string of the molecule is C.Cc1nc(N)ccc1CN.Cc1nc(N)ccc1CNC(=O)c1cn(Cc2ccc3ncc(Cl)cc3c2)nc1C.Cc1nn(Cc2ccc3ncc(Cl)cc3c2)cc1C(=O)O.Cl.[2H]CF. The number of carboxylic acids is 1. The average molecular weight is 947 g/mol. The predicted molar refractivity (Wildman–Crippen MR) is 259 cm³/mol. The number of aryl methyl sites for hydroxylation is 4. The third kappa shape index (κ3) is 14.4. The molecule has 8 rings (SSSR count). The van der Waals surface area contributed by atoms with Gasteiger partial charge >= 0.3 is 5.97 Å².